The predicted molar refractivity (Wildman–Crippen MR) is 130 cm³/mol. The average molecular weight is 435 g/mol. The van der Waals surface area contributed by atoms with Gasteiger partial charge in [-0.25, -0.2) is 0 Å². The van der Waals surface area contributed by atoms with E-state index < -0.39 is 0 Å². The van der Waals surface area contributed by atoms with Gasteiger partial charge in [-0.3, -0.25) is 9.79 Å². The molecule has 31 heavy (non-hydrogen) atoms. The van der Waals surface area contributed by atoms with Crippen LogP contribution in [0, 0.1) is 0 Å². The zero-order valence-electron chi connectivity index (χ0n) is 18.3. The number of nitrogens with zero attached hydrogens (tertiary/aromatic N) is 2. The smallest absolute Gasteiger partial charge is 0.159 e. The zero-order valence-corrected chi connectivity index (χ0v) is 19.1. The highest BCUT2D eigenvalue weighted by Gasteiger charge is 2.28. The Hall–Kier alpha value is -3.38. The maximum Gasteiger partial charge on any atom is 0.159 e. The minimum Gasteiger partial charge on any atom is -0.496 e. The number of carbonyl (C=O) groups excluding carboxylic acids is 1. The van der Waals surface area contributed by atoms with Gasteiger partial charge in [0.05, 0.1) is 18.5 Å². The van der Waals surface area contributed by atoms with Crippen molar-refractivity contribution in [3.63, 3.8) is 0 Å². The van der Waals surface area contributed by atoms with Crippen molar-refractivity contribution in [2.24, 2.45) is 4.99 Å². The Kier molecular flexibility index (Phi) is 6.92. The summed E-state index contributed by atoms with van der Waals surface area (Å²) in [7, 11) is 3.60. The molecule has 0 fully saturated rings. The number of hydrogen-bond acceptors (Lipinski definition) is 6. The van der Waals surface area contributed by atoms with E-state index in [1.165, 1.54) is 6.92 Å². The van der Waals surface area contributed by atoms with Crippen LogP contribution in [0.5, 0.6) is 11.5 Å². The van der Waals surface area contributed by atoms with Gasteiger partial charge in [0.15, 0.2) is 5.78 Å². The Balaban J connectivity index is 2.30. The molecule has 0 N–H and O–H groups in total. The molecule has 0 atom stereocenters. The fourth-order valence-corrected chi connectivity index (χ4v) is 4.10. The number of ether oxygens (including phenoxy) is 2. The minimum absolute atomic E-state index is 0.0871. The minimum atomic E-state index is -0.0871. The summed E-state index contributed by atoms with van der Waals surface area (Å²) in [5, 5.41) is 4.08. The van der Waals surface area contributed by atoms with E-state index in [0.29, 0.717) is 17.1 Å². The highest BCUT2D eigenvalue weighted by atomic mass is 32.1. The van der Waals surface area contributed by atoms with Gasteiger partial charge in [0.1, 0.15) is 18.1 Å². The molecule has 2 heterocycles. The van der Waals surface area contributed by atoms with Gasteiger partial charge in [-0.15, -0.1) is 0 Å². The predicted octanol–water partition coefficient (Wildman–Crippen LogP) is 5.76. The lowest BCUT2D eigenvalue weighted by atomic mass is 9.92. The van der Waals surface area contributed by atoms with Crippen LogP contribution in [0.15, 0.2) is 70.5 Å². The first-order chi connectivity index (χ1) is 14.9. The number of Topliss-reactive ketones (excluding diaryl/α,β-unsaturated/α-hetero) is 1. The lowest BCUT2D eigenvalue weighted by molar-refractivity contribution is -0.113. The number of rotatable bonds is 8. The summed E-state index contributed by atoms with van der Waals surface area (Å²) in [5.74, 6) is 1.25. The molecular weight excluding hydrogens is 408 g/mol. The lowest BCUT2D eigenvalue weighted by Crippen LogP contribution is -2.25. The number of hydrogen-bond donors (Lipinski definition) is 0. The van der Waals surface area contributed by atoms with Gasteiger partial charge in [0.25, 0.3) is 0 Å². The number of anilines is 1. The molecule has 1 aromatic heterocycles. The Morgan fingerprint density at radius 2 is 2.16 bits per heavy atom. The Morgan fingerprint density at radius 1 is 1.39 bits per heavy atom. The summed E-state index contributed by atoms with van der Waals surface area (Å²) in [6, 6.07) is 5.90. The first kappa shape index (κ1) is 22.3. The molecule has 0 spiro atoms. The van der Waals surface area contributed by atoms with E-state index in [2.05, 4.69) is 28.4 Å². The van der Waals surface area contributed by atoms with Crippen molar-refractivity contribution >= 4 is 40.3 Å². The molecule has 5 nitrogen and oxygen atoms in total. The molecule has 0 saturated carbocycles. The van der Waals surface area contributed by atoms with E-state index in [4.69, 9.17) is 9.47 Å². The van der Waals surface area contributed by atoms with Crippen molar-refractivity contribution in [3.8, 4) is 11.5 Å². The second kappa shape index (κ2) is 9.62. The van der Waals surface area contributed by atoms with E-state index in [-0.39, 0.29) is 12.4 Å². The molecule has 160 valence electrons. The Morgan fingerprint density at radius 3 is 2.74 bits per heavy atom. The van der Waals surface area contributed by atoms with Crippen LogP contribution in [-0.4, -0.2) is 32.8 Å². The molecular formula is C25H26N2O3S. The van der Waals surface area contributed by atoms with E-state index in [1.54, 1.807) is 36.9 Å². The topological polar surface area (TPSA) is 51.1 Å². The van der Waals surface area contributed by atoms with Gasteiger partial charge in [0.2, 0.25) is 0 Å². The molecule has 1 aromatic carbocycles. The summed E-state index contributed by atoms with van der Waals surface area (Å²) in [6.07, 6.45) is 5.19. The fraction of sp³-hybridized carbons (Fsp3) is 0.200. The molecule has 2 aromatic rings. The third kappa shape index (κ3) is 4.39. The maximum absolute atomic E-state index is 12.2. The number of ketones is 1. The number of thiophene rings is 1. The van der Waals surface area contributed by atoms with Crippen LogP contribution >= 0.6 is 11.3 Å². The molecule has 0 bridgehead atoms. The highest BCUT2D eigenvalue weighted by molar-refractivity contribution is 7.08. The van der Waals surface area contributed by atoms with Gasteiger partial charge >= 0.3 is 0 Å². The quantitative estimate of drug-likeness (QED) is 0.301. The first-order valence-corrected chi connectivity index (χ1v) is 10.7. The van der Waals surface area contributed by atoms with Crippen molar-refractivity contribution in [1.82, 2.24) is 0 Å². The van der Waals surface area contributed by atoms with Crippen molar-refractivity contribution in [2.75, 3.05) is 25.7 Å². The summed E-state index contributed by atoms with van der Waals surface area (Å²) in [4.78, 5) is 18.5. The second-order valence-corrected chi connectivity index (χ2v) is 7.72. The molecule has 0 saturated heterocycles. The fourth-order valence-electron chi connectivity index (χ4n) is 3.43. The molecule has 0 unspecified atom stereocenters. The summed E-state index contributed by atoms with van der Waals surface area (Å²) < 4.78 is 11.7. The number of methoxy groups -OCH3 is 1. The molecule has 3 rings (SSSR count). The van der Waals surface area contributed by atoms with Crippen molar-refractivity contribution in [2.45, 2.75) is 13.8 Å². The number of carbonyl (C=O) groups is 1. The Bertz CT molecular complexity index is 1110. The van der Waals surface area contributed by atoms with Crippen LogP contribution in [0.25, 0.3) is 11.3 Å². The number of benzene rings is 1. The lowest BCUT2D eigenvalue weighted by Gasteiger charge is -2.32. The van der Waals surface area contributed by atoms with Gasteiger partial charge in [-0.05, 0) is 31.4 Å². The van der Waals surface area contributed by atoms with E-state index >= 15 is 0 Å². The molecule has 1 aliphatic rings. The first-order valence-electron chi connectivity index (χ1n) is 9.78. The SMILES string of the molecule is C=C/C(=C\N=CC)c1cc2c(cc1OC)OCC(C(=C)C(C)=O)=C2N(C)c1ccsc1. The third-order valence-corrected chi connectivity index (χ3v) is 5.80. The van der Waals surface area contributed by atoms with Crippen molar-refractivity contribution in [3.05, 3.63) is 76.7 Å². The second-order valence-electron chi connectivity index (χ2n) is 6.94. The average Bonchev–Trinajstić information content (AvgIpc) is 3.32. The number of fused-ring (bicyclic) bond motifs is 1. The summed E-state index contributed by atoms with van der Waals surface area (Å²) >= 11 is 1.61. The third-order valence-electron chi connectivity index (χ3n) is 5.13. The van der Waals surface area contributed by atoms with Crippen LogP contribution in [0.2, 0.25) is 0 Å². The standard InChI is InChI=1S/C25H26N2O3S/c1-7-18(13-26-8-2)20-11-21-24(12-23(20)29-6)30-14-22(16(3)17(4)28)25(21)27(5)19-9-10-31-15-19/h7-13,15H,1,3,14H2,2,4-6H3/b18-13+,26-8?. The van der Waals surface area contributed by atoms with Crippen LogP contribution in [0.1, 0.15) is 25.0 Å². The maximum atomic E-state index is 12.2. The zero-order chi connectivity index (χ0) is 22.5. The van der Waals surface area contributed by atoms with Gasteiger partial charge in [0, 0.05) is 58.8 Å². The molecule has 0 amide bonds. The van der Waals surface area contributed by atoms with Crippen LogP contribution in [0.4, 0.5) is 5.69 Å². The number of allylic oxidation sites excluding steroid dienone is 2. The largest absolute Gasteiger partial charge is 0.496 e. The van der Waals surface area contributed by atoms with E-state index in [0.717, 1.165) is 33.7 Å². The highest BCUT2D eigenvalue weighted by Crippen LogP contribution is 2.43. The summed E-state index contributed by atoms with van der Waals surface area (Å²) in [6.45, 7) is 11.6. The van der Waals surface area contributed by atoms with Crippen molar-refractivity contribution in [1.29, 1.82) is 0 Å². The monoisotopic (exact) mass is 434 g/mol. The molecule has 1 aliphatic heterocycles. The van der Waals surface area contributed by atoms with Gasteiger partial charge in [-0.2, -0.15) is 11.3 Å². The van der Waals surface area contributed by atoms with Crippen LogP contribution in [0.3, 0.4) is 0 Å². The molecule has 0 aliphatic carbocycles. The normalized spacial score (nSPS) is 13.6. The van der Waals surface area contributed by atoms with Crippen molar-refractivity contribution < 1.29 is 14.3 Å². The van der Waals surface area contributed by atoms with Crippen LogP contribution in [-0.2, 0) is 4.79 Å². The van der Waals surface area contributed by atoms with E-state index in [1.807, 2.05) is 37.6 Å². The van der Waals surface area contributed by atoms with Gasteiger partial charge < -0.3 is 14.4 Å². The molecule has 6 heteroatoms. The Labute approximate surface area is 187 Å². The number of aliphatic imine (C=N–C) groups is 1. The van der Waals surface area contributed by atoms with Gasteiger partial charge in [-0.1, -0.05) is 19.2 Å². The van der Waals surface area contributed by atoms with Crippen LogP contribution < -0.4 is 14.4 Å². The molecule has 0 radical (unpaired) electrons. The summed E-state index contributed by atoms with van der Waals surface area (Å²) in [5.41, 5.74) is 5.60. The van der Waals surface area contributed by atoms with E-state index in [9.17, 15) is 4.79 Å².